The standard InChI is InChI=1S/C14H14N2O8/c1-7-9(4-8(13(18)19)5-11(7)16(21)22)15-10(14(20)24-3)6-12(17)23-2/h4-6,15H,1-3H3,(H,18,19)/b10-6+. The summed E-state index contributed by atoms with van der Waals surface area (Å²) in [6.07, 6.45) is 0.782. The third-order valence-corrected chi connectivity index (χ3v) is 2.96. The van der Waals surface area contributed by atoms with Crippen LogP contribution < -0.4 is 5.32 Å². The van der Waals surface area contributed by atoms with Crippen molar-refractivity contribution in [2.45, 2.75) is 6.92 Å². The van der Waals surface area contributed by atoms with Crippen LogP contribution in [0.25, 0.3) is 0 Å². The van der Waals surface area contributed by atoms with Crippen LogP contribution >= 0.6 is 0 Å². The molecule has 0 spiro atoms. The quantitative estimate of drug-likeness (QED) is 0.338. The van der Waals surface area contributed by atoms with Gasteiger partial charge in [0, 0.05) is 11.8 Å². The molecule has 0 aliphatic carbocycles. The SMILES string of the molecule is COC(=O)/C=C(/Nc1cc(C(=O)O)cc([N+](=O)[O-])c1C)C(=O)OC. The van der Waals surface area contributed by atoms with E-state index in [0.717, 1.165) is 32.4 Å². The van der Waals surface area contributed by atoms with E-state index in [1.807, 2.05) is 0 Å². The number of esters is 2. The lowest BCUT2D eigenvalue weighted by atomic mass is 10.1. The first-order valence-corrected chi connectivity index (χ1v) is 6.38. The van der Waals surface area contributed by atoms with E-state index < -0.39 is 28.5 Å². The van der Waals surface area contributed by atoms with Gasteiger partial charge >= 0.3 is 17.9 Å². The molecule has 1 aromatic rings. The molecule has 24 heavy (non-hydrogen) atoms. The highest BCUT2D eigenvalue weighted by Crippen LogP contribution is 2.29. The molecule has 2 N–H and O–H groups in total. The maximum Gasteiger partial charge on any atom is 0.354 e. The number of nitrogens with one attached hydrogen (secondary N) is 1. The van der Waals surface area contributed by atoms with Gasteiger partial charge in [0.2, 0.25) is 0 Å². The Morgan fingerprint density at radius 1 is 1.25 bits per heavy atom. The summed E-state index contributed by atoms with van der Waals surface area (Å²) in [6.45, 7) is 1.36. The molecule has 10 nitrogen and oxygen atoms in total. The van der Waals surface area contributed by atoms with Gasteiger partial charge in [0.05, 0.1) is 36.3 Å². The summed E-state index contributed by atoms with van der Waals surface area (Å²) in [4.78, 5) is 44.4. The minimum Gasteiger partial charge on any atom is -0.478 e. The van der Waals surface area contributed by atoms with Gasteiger partial charge in [-0.2, -0.15) is 0 Å². The minimum atomic E-state index is -1.39. The van der Waals surface area contributed by atoms with Crippen LogP contribution in [0.5, 0.6) is 0 Å². The number of methoxy groups -OCH3 is 2. The number of carboxylic acids is 1. The maximum absolute atomic E-state index is 11.7. The van der Waals surface area contributed by atoms with Crippen molar-refractivity contribution in [3.05, 3.63) is 45.1 Å². The minimum absolute atomic E-state index is 0.0397. The van der Waals surface area contributed by atoms with E-state index >= 15 is 0 Å². The van der Waals surface area contributed by atoms with E-state index in [0.29, 0.717) is 0 Å². The first-order chi connectivity index (χ1) is 11.2. The lowest BCUT2D eigenvalue weighted by molar-refractivity contribution is -0.385. The molecule has 0 amide bonds. The first kappa shape index (κ1) is 18.6. The number of anilines is 1. The van der Waals surface area contributed by atoms with Gasteiger partial charge < -0.3 is 19.9 Å². The highest BCUT2D eigenvalue weighted by molar-refractivity contribution is 5.99. The molecule has 0 bridgehead atoms. The Morgan fingerprint density at radius 3 is 2.33 bits per heavy atom. The number of ether oxygens (including phenoxy) is 2. The third kappa shape index (κ3) is 4.29. The number of rotatable bonds is 6. The Hall–Kier alpha value is -3.43. The molecule has 10 heteroatoms. The Labute approximate surface area is 135 Å². The molecule has 0 atom stereocenters. The number of hydrogen-bond donors (Lipinski definition) is 2. The van der Waals surface area contributed by atoms with Crippen LogP contribution in [0.2, 0.25) is 0 Å². The van der Waals surface area contributed by atoms with Gasteiger partial charge in [-0.05, 0) is 13.0 Å². The Kier molecular flexibility index (Phi) is 5.99. The molecule has 0 aliphatic rings. The summed E-state index contributed by atoms with van der Waals surface area (Å²) < 4.78 is 8.90. The van der Waals surface area contributed by atoms with Crippen molar-refractivity contribution in [2.24, 2.45) is 0 Å². The molecular weight excluding hydrogens is 324 g/mol. The van der Waals surface area contributed by atoms with E-state index in [1.165, 1.54) is 6.92 Å². The third-order valence-electron chi connectivity index (χ3n) is 2.96. The number of nitrogens with zero attached hydrogens (tertiary/aromatic N) is 1. The van der Waals surface area contributed by atoms with Crippen LogP contribution in [-0.2, 0) is 19.1 Å². The summed E-state index contributed by atoms with van der Waals surface area (Å²) in [5.74, 6) is -3.20. The zero-order valence-electron chi connectivity index (χ0n) is 13.0. The zero-order chi connectivity index (χ0) is 18.4. The number of aromatic carboxylic acids is 1. The molecule has 0 unspecified atom stereocenters. The Bertz CT molecular complexity index is 739. The lowest BCUT2D eigenvalue weighted by Crippen LogP contribution is -2.16. The summed E-state index contributed by atoms with van der Waals surface area (Å²) >= 11 is 0. The van der Waals surface area contributed by atoms with Crippen LogP contribution in [-0.4, -0.2) is 42.2 Å². The second-order valence-corrected chi connectivity index (χ2v) is 4.43. The monoisotopic (exact) mass is 338 g/mol. The van der Waals surface area contributed by atoms with Crippen LogP contribution in [0.4, 0.5) is 11.4 Å². The van der Waals surface area contributed by atoms with Crippen LogP contribution in [0.1, 0.15) is 15.9 Å². The van der Waals surface area contributed by atoms with Crippen molar-refractivity contribution >= 4 is 29.3 Å². The Balaban J connectivity index is 3.45. The van der Waals surface area contributed by atoms with E-state index in [9.17, 15) is 24.5 Å². The number of hydrogen-bond acceptors (Lipinski definition) is 8. The van der Waals surface area contributed by atoms with Gasteiger partial charge in [-0.3, -0.25) is 10.1 Å². The molecule has 0 saturated carbocycles. The molecule has 1 rings (SSSR count). The zero-order valence-corrected chi connectivity index (χ0v) is 13.0. The summed E-state index contributed by atoms with van der Waals surface area (Å²) in [5, 5.41) is 22.6. The van der Waals surface area contributed by atoms with Gasteiger partial charge in [-0.1, -0.05) is 0 Å². The normalized spacial score (nSPS) is 10.7. The fourth-order valence-electron chi connectivity index (χ4n) is 1.72. The fourth-order valence-corrected chi connectivity index (χ4v) is 1.72. The molecule has 1 aromatic carbocycles. The van der Waals surface area contributed by atoms with E-state index in [-0.39, 0.29) is 22.5 Å². The summed E-state index contributed by atoms with van der Waals surface area (Å²) in [6, 6.07) is 1.99. The van der Waals surface area contributed by atoms with Crippen LogP contribution in [0.3, 0.4) is 0 Å². The highest BCUT2D eigenvalue weighted by Gasteiger charge is 2.21. The molecule has 0 radical (unpaired) electrons. The maximum atomic E-state index is 11.7. The van der Waals surface area contributed by atoms with E-state index in [2.05, 4.69) is 14.8 Å². The smallest absolute Gasteiger partial charge is 0.354 e. The number of nitro groups is 1. The highest BCUT2D eigenvalue weighted by atomic mass is 16.6. The van der Waals surface area contributed by atoms with Gasteiger partial charge in [0.1, 0.15) is 5.70 Å². The second kappa shape index (κ2) is 7.72. The summed E-state index contributed by atoms with van der Waals surface area (Å²) in [5.41, 5.74) is -1.16. The molecule has 128 valence electrons. The van der Waals surface area contributed by atoms with Gasteiger partial charge in [0.25, 0.3) is 5.69 Å². The summed E-state index contributed by atoms with van der Waals surface area (Å²) in [7, 11) is 2.16. The molecule has 0 fully saturated rings. The number of carbonyl (C=O) groups excluding carboxylic acids is 2. The molecule has 0 aliphatic heterocycles. The van der Waals surface area contributed by atoms with E-state index in [1.54, 1.807) is 0 Å². The van der Waals surface area contributed by atoms with Crippen molar-refractivity contribution in [1.29, 1.82) is 0 Å². The number of benzene rings is 1. The van der Waals surface area contributed by atoms with Crippen molar-refractivity contribution in [3.8, 4) is 0 Å². The molecular formula is C14H14N2O8. The molecule has 0 heterocycles. The average Bonchev–Trinajstić information content (AvgIpc) is 2.54. The van der Waals surface area contributed by atoms with Gasteiger partial charge in [-0.15, -0.1) is 0 Å². The molecule has 0 saturated heterocycles. The van der Waals surface area contributed by atoms with Crippen molar-refractivity contribution < 1.29 is 33.9 Å². The van der Waals surface area contributed by atoms with Crippen LogP contribution in [0, 0.1) is 17.0 Å². The van der Waals surface area contributed by atoms with Crippen molar-refractivity contribution in [1.82, 2.24) is 0 Å². The van der Waals surface area contributed by atoms with Crippen molar-refractivity contribution in [3.63, 3.8) is 0 Å². The lowest BCUT2D eigenvalue weighted by Gasteiger charge is -2.12. The van der Waals surface area contributed by atoms with Crippen LogP contribution in [0.15, 0.2) is 23.9 Å². The van der Waals surface area contributed by atoms with Crippen molar-refractivity contribution in [2.75, 3.05) is 19.5 Å². The topological polar surface area (TPSA) is 145 Å². The number of nitro benzene ring substituents is 1. The van der Waals surface area contributed by atoms with Gasteiger partial charge in [-0.25, -0.2) is 14.4 Å². The number of carboxylic acid groups (broad SMARTS) is 1. The Morgan fingerprint density at radius 2 is 1.88 bits per heavy atom. The number of carbonyl (C=O) groups is 3. The first-order valence-electron chi connectivity index (χ1n) is 6.38. The average molecular weight is 338 g/mol. The van der Waals surface area contributed by atoms with E-state index in [4.69, 9.17) is 5.11 Å². The molecule has 0 aromatic heterocycles. The largest absolute Gasteiger partial charge is 0.478 e. The predicted molar refractivity (Wildman–Crippen MR) is 80.5 cm³/mol. The second-order valence-electron chi connectivity index (χ2n) is 4.43. The fraction of sp³-hybridized carbons (Fsp3) is 0.214. The van der Waals surface area contributed by atoms with Gasteiger partial charge in [0.15, 0.2) is 0 Å². The predicted octanol–water partition coefficient (Wildman–Crippen LogP) is 1.24.